The highest BCUT2D eigenvalue weighted by atomic mass is 16.5. The summed E-state index contributed by atoms with van der Waals surface area (Å²) in [4.78, 5) is 36.7. The fourth-order valence-corrected chi connectivity index (χ4v) is 1.82. The van der Waals surface area contributed by atoms with Crippen LogP contribution in [-0.4, -0.2) is 35.8 Å². The number of hydrogen-bond acceptors (Lipinski definition) is 4. The number of nitrogens with zero attached hydrogens (tertiary/aromatic N) is 1. The van der Waals surface area contributed by atoms with E-state index in [9.17, 15) is 14.4 Å². The first-order chi connectivity index (χ1) is 8.84. The molecule has 1 heterocycles. The van der Waals surface area contributed by atoms with Crippen LogP contribution in [0.4, 0.5) is 0 Å². The van der Waals surface area contributed by atoms with Crippen LogP contribution in [0.1, 0.15) is 20.8 Å². The summed E-state index contributed by atoms with van der Waals surface area (Å²) >= 11 is 0. The molecule has 1 aliphatic rings. The summed E-state index contributed by atoms with van der Waals surface area (Å²) in [7, 11) is 1.25. The second-order valence-electron chi connectivity index (χ2n) is 4.42. The largest absolute Gasteiger partial charge is 0.466 e. The molecular weight excluding hydrogens is 246 g/mol. The van der Waals surface area contributed by atoms with E-state index >= 15 is 0 Å². The van der Waals surface area contributed by atoms with Gasteiger partial charge >= 0.3 is 5.97 Å². The quantitative estimate of drug-likeness (QED) is 0.436. The molecular formula is C14H17NO4. The molecule has 0 bridgehead atoms. The zero-order valence-corrected chi connectivity index (χ0v) is 11.5. The van der Waals surface area contributed by atoms with Crippen LogP contribution in [0.2, 0.25) is 0 Å². The average Bonchev–Trinajstić information content (AvgIpc) is 2.59. The number of amides is 2. The van der Waals surface area contributed by atoms with Gasteiger partial charge in [0.1, 0.15) is 0 Å². The van der Waals surface area contributed by atoms with Gasteiger partial charge in [0.15, 0.2) is 0 Å². The van der Waals surface area contributed by atoms with Crippen LogP contribution >= 0.6 is 0 Å². The molecule has 0 unspecified atom stereocenters. The van der Waals surface area contributed by atoms with Crippen LogP contribution in [-0.2, 0) is 19.1 Å². The van der Waals surface area contributed by atoms with Gasteiger partial charge < -0.3 is 4.74 Å². The van der Waals surface area contributed by atoms with Crippen LogP contribution in [0.5, 0.6) is 0 Å². The molecule has 0 radical (unpaired) electrons. The summed E-state index contributed by atoms with van der Waals surface area (Å²) in [6.07, 6.45) is 2.70. The molecule has 5 nitrogen and oxygen atoms in total. The van der Waals surface area contributed by atoms with Gasteiger partial charge in [-0.2, -0.15) is 0 Å². The van der Waals surface area contributed by atoms with Gasteiger partial charge in [-0.05, 0) is 26.8 Å². The lowest BCUT2D eigenvalue weighted by molar-refractivity contribution is -0.139. The maximum atomic E-state index is 12.2. The van der Waals surface area contributed by atoms with E-state index in [1.807, 2.05) is 0 Å². The molecule has 102 valence electrons. The van der Waals surface area contributed by atoms with Crippen LogP contribution in [0.15, 0.2) is 35.5 Å². The minimum Gasteiger partial charge on any atom is -0.466 e. The lowest BCUT2D eigenvalue weighted by atomic mass is 10.1. The van der Waals surface area contributed by atoms with Crippen molar-refractivity contribution in [3.05, 3.63) is 35.5 Å². The van der Waals surface area contributed by atoms with Crippen molar-refractivity contribution in [1.29, 1.82) is 0 Å². The molecule has 2 amide bonds. The number of hydrogen-bond donors (Lipinski definition) is 0. The second-order valence-corrected chi connectivity index (χ2v) is 4.42. The highest BCUT2D eigenvalue weighted by Gasteiger charge is 2.37. The van der Waals surface area contributed by atoms with Crippen molar-refractivity contribution >= 4 is 17.8 Å². The SMILES string of the molecule is C=CC1=C(/C=C(\C)C(=O)OC)C(=O)N(C(C)C)C1=O. The lowest BCUT2D eigenvalue weighted by Crippen LogP contribution is -2.37. The van der Waals surface area contributed by atoms with Crippen LogP contribution in [0.3, 0.4) is 0 Å². The molecule has 0 aromatic carbocycles. The summed E-state index contributed by atoms with van der Waals surface area (Å²) < 4.78 is 4.56. The average molecular weight is 263 g/mol. The number of imide groups is 1. The molecule has 5 heteroatoms. The second kappa shape index (κ2) is 5.65. The lowest BCUT2D eigenvalue weighted by Gasteiger charge is -2.18. The Kier molecular flexibility index (Phi) is 4.43. The molecule has 0 saturated heterocycles. The molecule has 0 aromatic rings. The van der Waals surface area contributed by atoms with E-state index in [1.165, 1.54) is 26.2 Å². The fourth-order valence-electron chi connectivity index (χ4n) is 1.82. The first-order valence-electron chi connectivity index (χ1n) is 5.86. The van der Waals surface area contributed by atoms with Gasteiger partial charge in [0, 0.05) is 11.6 Å². The highest BCUT2D eigenvalue weighted by molar-refractivity contribution is 6.22. The monoisotopic (exact) mass is 263 g/mol. The topological polar surface area (TPSA) is 63.7 Å². The van der Waals surface area contributed by atoms with Gasteiger partial charge in [-0.3, -0.25) is 14.5 Å². The predicted molar refractivity (Wildman–Crippen MR) is 70.0 cm³/mol. The Balaban J connectivity index is 3.27. The van der Waals surface area contributed by atoms with E-state index in [0.717, 1.165) is 4.90 Å². The third-order valence-corrected chi connectivity index (χ3v) is 2.78. The van der Waals surface area contributed by atoms with Gasteiger partial charge in [-0.15, -0.1) is 0 Å². The molecule has 0 atom stereocenters. The Morgan fingerprint density at radius 1 is 1.26 bits per heavy atom. The molecule has 0 saturated carbocycles. The minimum atomic E-state index is -0.542. The number of methoxy groups -OCH3 is 1. The van der Waals surface area contributed by atoms with Crippen molar-refractivity contribution in [2.45, 2.75) is 26.8 Å². The smallest absolute Gasteiger partial charge is 0.333 e. The van der Waals surface area contributed by atoms with Crippen molar-refractivity contribution in [3.8, 4) is 0 Å². The molecule has 0 N–H and O–H groups in total. The minimum absolute atomic E-state index is 0.177. The normalized spacial score (nSPS) is 16.5. The van der Waals surface area contributed by atoms with E-state index in [1.54, 1.807) is 13.8 Å². The summed E-state index contributed by atoms with van der Waals surface area (Å²) in [5, 5.41) is 0. The molecule has 0 fully saturated rings. The standard InChI is InChI=1S/C14H17NO4/c1-6-10-11(7-9(4)14(18)19-5)13(17)15(8(2)3)12(10)16/h6-8H,1H2,2-5H3/b9-7+. The fraction of sp³-hybridized carbons (Fsp3) is 0.357. The molecule has 0 aliphatic carbocycles. The molecule has 0 aromatic heterocycles. The molecule has 19 heavy (non-hydrogen) atoms. The van der Waals surface area contributed by atoms with E-state index in [4.69, 9.17) is 0 Å². The Morgan fingerprint density at radius 2 is 1.79 bits per heavy atom. The highest BCUT2D eigenvalue weighted by Crippen LogP contribution is 2.25. The van der Waals surface area contributed by atoms with Gasteiger partial charge in [0.05, 0.1) is 18.3 Å². The number of carbonyl (C=O) groups excluding carboxylic acids is 3. The maximum absolute atomic E-state index is 12.2. The third-order valence-electron chi connectivity index (χ3n) is 2.78. The number of rotatable bonds is 4. The van der Waals surface area contributed by atoms with Crippen molar-refractivity contribution < 1.29 is 19.1 Å². The zero-order valence-electron chi connectivity index (χ0n) is 11.5. The Hall–Kier alpha value is -2.17. The zero-order chi connectivity index (χ0) is 14.7. The van der Waals surface area contributed by atoms with Crippen LogP contribution in [0, 0.1) is 0 Å². The number of esters is 1. The number of carbonyl (C=O) groups is 3. The Labute approximate surface area is 112 Å². The van der Waals surface area contributed by atoms with Crippen molar-refractivity contribution in [2.24, 2.45) is 0 Å². The van der Waals surface area contributed by atoms with Gasteiger partial charge in [0.2, 0.25) is 0 Å². The van der Waals surface area contributed by atoms with Crippen molar-refractivity contribution in [2.75, 3.05) is 7.11 Å². The predicted octanol–water partition coefficient (Wildman–Crippen LogP) is 1.37. The van der Waals surface area contributed by atoms with E-state index in [2.05, 4.69) is 11.3 Å². The van der Waals surface area contributed by atoms with E-state index in [-0.39, 0.29) is 28.7 Å². The van der Waals surface area contributed by atoms with Crippen LogP contribution in [0.25, 0.3) is 0 Å². The van der Waals surface area contributed by atoms with Crippen molar-refractivity contribution in [1.82, 2.24) is 4.90 Å². The third kappa shape index (κ3) is 2.65. The van der Waals surface area contributed by atoms with Crippen molar-refractivity contribution in [3.63, 3.8) is 0 Å². The van der Waals surface area contributed by atoms with Crippen LogP contribution < -0.4 is 0 Å². The summed E-state index contributed by atoms with van der Waals surface area (Å²) in [5.74, 6) is -1.35. The Morgan fingerprint density at radius 3 is 2.21 bits per heavy atom. The molecule has 1 aliphatic heterocycles. The maximum Gasteiger partial charge on any atom is 0.333 e. The van der Waals surface area contributed by atoms with Gasteiger partial charge in [-0.1, -0.05) is 12.7 Å². The first kappa shape index (κ1) is 14.9. The molecule has 0 spiro atoms. The van der Waals surface area contributed by atoms with Gasteiger partial charge in [0.25, 0.3) is 11.8 Å². The first-order valence-corrected chi connectivity index (χ1v) is 5.86. The Bertz CT molecular complexity index is 512. The number of ether oxygens (including phenoxy) is 1. The van der Waals surface area contributed by atoms with E-state index < -0.39 is 11.9 Å². The summed E-state index contributed by atoms with van der Waals surface area (Å²) in [5.41, 5.74) is 0.641. The summed E-state index contributed by atoms with van der Waals surface area (Å²) in [6, 6.07) is -0.251. The molecule has 1 rings (SSSR count). The van der Waals surface area contributed by atoms with Gasteiger partial charge in [-0.25, -0.2) is 4.79 Å². The van der Waals surface area contributed by atoms with E-state index in [0.29, 0.717) is 0 Å². The summed E-state index contributed by atoms with van der Waals surface area (Å²) in [6.45, 7) is 8.56.